The van der Waals surface area contributed by atoms with Gasteiger partial charge in [0, 0.05) is 6.54 Å². The van der Waals surface area contributed by atoms with E-state index in [1.807, 2.05) is 20.1 Å². The van der Waals surface area contributed by atoms with Gasteiger partial charge in [-0.05, 0) is 37.2 Å². The number of likely N-dealkylation sites (tertiary alicyclic amines) is 1. The first-order valence-electron chi connectivity index (χ1n) is 8.76. The van der Waals surface area contributed by atoms with E-state index in [0.29, 0.717) is 18.7 Å². The molecule has 1 aliphatic rings. The van der Waals surface area contributed by atoms with Gasteiger partial charge in [0.05, 0.1) is 12.6 Å². The van der Waals surface area contributed by atoms with Crippen LogP contribution in [-0.4, -0.2) is 76.3 Å². The Morgan fingerprint density at radius 3 is 2.50 bits per heavy atom. The number of carbonyl (C=O) groups is 3. The van der Waals surface area contributed by atoms with Crippen LogP contribution < -0.4 is 16.1 Å². The molecule has 0 aromatic carbocycles. The molecule has 150 valence electrons. The summed E-state index contributed by atoms with van der Waals surface area (Å²) in [5.74, 6) is -0.225. The lowest BCUT2D eigenvalue weighted by Crippen LogP contribution is -2.57. The number of nitrogens with zero attached hydrogens (tertiary/aromatic N) is 1. The van der Waals surface area contributed by atoms with E-state index in [0.717, 1.165) is 12.8 Å². The number of nitrogens with one attached hydrogen (secondary N) is 3. The summed E-state index contributed by atoms with van der Waals surface area (Å²) < 4.78 is 0. The second-order valence-corrected chi connectivity index (χ2v) is 7.65. The fraction of sp³-hybridized carbons (Fsp3) is 0.812. The standard InChI is InChI=1S/C16H30N4O5S/c1-10(2)13(15(23)20-7-4-5-11(20)9-21)18-14(22)12(6-8-26-3)17-16(24)19-25/h10-13,21,25H,4-9H2,1-3H3,(H,18,22)(H2,17,19,24)/t11-,12?,13?/m0/s1. The number of hydrogen-bond acceptors (Lipinski definition) is 6. The highest BCUT2D eigenvalue weighted by Gasteiger charge is 2.36. The van der Waals surface area contributed by atoms with Crippen molar-refractivity contribution in [2.45, 2.75) is 51.2 Å². The Balaban J connectivity index is 2.83. The average molecular weight is 391 g/mol. The summed E-state index contributed by atoms with van der Waals surface area (Å²) in [6.07, 6.45) is 3.81. The predicted octanol–water partition coefficient (Wildman–Crippen LogP) is -0.0794. The zero-order valence-electron chi connectivity index (χ0n) is 15.5. The number of hydroxylamine groups is 1. The van der Waals surface area contributed by atoms with E-state index in [9.17, 15) is 19.5 Å². The molecule has 5 N–H and O–H groups in total. The maximum atomic E-state index is 12.9. The van der Waals surface area contributed by atoms with Crippen molar-refractivity contribution in [3.8, 4) is 0 Å². The number of amides is 4. The summed E-state index contributed by atoms with van der Waals surface area (Å²) in [6.45, 7) is 4.12. The summed E-state index contributed by atoms with van der Waals surface area (Å²) in [6, 6.07) is -2.70. The molecule has 1 saturated heterocycles. The number of thioether (sulfide) groups is 1. The van der Waals surface area contributed by atoms with Crippen LogP contribution in [0.5, 0.6) is 0 Å². The van der Waals surface area contributed by atoms with E-state index in [1.54, 1.807) is 4.90 Å². The minimum Gasteiger partial charge on any atom is -0.394 e. The molecule has 26 heavy (non-hydrogen) atoms. The second-order valence-electron chi connectivity index (χ2n) is 6.66. The lowest BCUT2D eigenvalue weighted by Gasteiger charge is -2.31. The molecule has 0 aromatic heterocycles. The molecule has 2 unspecified atom stereocenters. The molecule has 0 radical (unpaired) electrons. The van der Waals surface area contributed by atoms with E-state index in [4.69, 9.17) is 5.21 Å². The van der Waals surface area contributed by atoms with E-state index >= 15 is 0 Å². The molecule has 3 atom stereocenters. The fourth-order valence-corrected chi connectivity index (χ4v) is 3.43. The van der Waals surface area contributed by atoms with E-state index in [2.05, 4.69) is 10.6 Å². The molecule has 1 aliphatic heterocycles. The fourth-order valence-electron chi connectivity index (χ4n) is 2.96. The van der Waals surface area contributed by atoms with Crippen molar-refractivity contribution in [1.82, 2.24) is 21.0 Å². The lowest BCUT2D eigenvalue weighted by molar-refractivity contribution is -0.139. The molecule has 9 nitrogen and oxygen atoms in total. The van der Waals surface area contributed by atoms with Crippen molar-refractivity contribution in [2.24, 2.45) is 5.92 Å². The summed E-state index contributed by atoms with van der Waals surface area (Å²) in [7, 11) is 0. The van der Waals surface area contributed by atoms with Gasteiger partial charge in [-0.2, -0.15) is 11.8 Å². The van der Waals surface area contributed by atoms with Crippen molar-refractivity contribution in [1.29, 1.82) is 0 Å². The number of rotatable bonds is 9. The van der Waals surface area contributed by atoms with Crippen LogP contribution >= 0.6 is 11.8 Å². The third-order valence-corrected chi connectivity index (χ3v) is 5.08. The number of hydrogen-bond donors (Lipinski definition) is 5. The summed E-state index contributed by atoms with van der Waals surface area (Å²) >= 11 is 1.52. The Kier molecular flexibility index (Phi) is 9.74. The van der Waals surface area contributed by atoms with Crippen LogP contribution in [0.1, 0.15) is 33.1 Å². The molecule has 0 saturated carbocycles. The Hall–Kier alpha value is -1.52. The summed E-state index contributed by atoms with van der Waals surface area (Å²) in [5.41, 5.74) is 1.44. The SMILES string of the molecule is CSCCC(NC(=O)NO)C(=O)NC(C(=O)N1CCC[C@H]1CO)C(C)C. The molecular weight excluding hydrogens is 360 g/mol. The third kappa shape index (κ3) is 6.33. The maximum Gasteiger partial charge on any atom is 0.339 e. The summed E-state index contributed by atoms with van der Waals surface area (Å²) in [4.78, 5) is 38.5. The van der Waals surface area contributed by atoms with Crippen molar-refractivity contribution in [2.75, 3.05) is 25.2 Å². The van der Waals surface area contributed by atoms with Crippen LogP contribution in [0.2, 0.25) is 0 Å². The number of aliphatic hydroxyl groups is 1. The average Bonchev–Trinajstić information content (AvgIpc) is 3.10. The van der Waals surface area contributed by atoms with Crippen LogP contribution in [0, 0.1) is 5.92 Å². The Labute approximate surface area is 158 Å². The van der Waals surface area contributed by atoms with Gasteiger partial charge < -0.3 is 20.6 Å². The Bertz CT molecular complexity index is 491. The number of carbonyl (C=O) groups excluding carboxylic acids is 3. The second kappa shape index (κ2) is 11.2. The monoisotopic (exact) mass is 390 g/mol. The van der Waals surface area contributed by atoms with Crippen molar-refractivity contribution in [3.05, 3.63) is 0 Å². The van der Waals surface area contributed by atoms with Crippen LogP contribution in [0.4, 0.5) is 4.79 Å². The molecule has 0 aliphatic carbocycles. The van der Waals surface area contributed by atoms with Gasteiger partial charge in [-0.3, -0.25) is 14.8 Å². The van der Waals surface area contributed by atoms with E-state index in [-0.39, 0.29) is 24.5 Å². The Morgan fingerprint density at radius 1 is 1.27 bits per heavy atom. The molecule has 0 spiro atoms. The van der Waals surface area contributed by atoms with Gasteiger partial charge in [0.15, 0.2) is 0 Å². The molecule has 0 aromatic rings. The van der Waals surface area contributed by atoms with Crippen LogP contribution in [0.25, 0.3) is 0 Å². The van der Waals surface area contributed by atoms with Crippen LogP contribution in [0.3, 0.4) is 0 Å². The molecule has 10 heteroatoms. The van der Waals surface area contributed by atoms with Gasteiger partial charge >= 0.3 is 6.03 Å². The zero-order chi connectivity index (χ0) is 19.7. The van der Waals surface area contributed by atoms with Crippen molar-refractivity contribution in [3.63, 3.8) is 0 Å². The van der Waals surface area contributed by atoms with Crippen LogP contribution in [0.15, 0.2) is 0 Å². The van der Waals surface area contributed by atoms with Gasteiger partial charge in [0.1, 0.15) is 12.1 Å². The summed E-state index contributed by atoms with van der Waals surface area (Å²) in [5, 5.41) is 23.2. The van der Waals surface area contributed by atoms with Gasteiger partial charge in [-0.1, -0.05) is 13.8 Å². The lowest BCUT2D eigenvalue weighted by atomic mass is 10.0. The molecular formula is C16H30N4O5S. The highest BCUT2D eigenvalue weighted by atomic mass is 32.2. The quantitative estimate of drug-likeness (QED) is 0.276. The zero-order valence-corrected chi connectivity index (χ0v) is 16.3. The van der Waals surface area contributed by atoms with Crippen molar-refractivity contribution >= 4 is 29.6 Å². The minimum atomic E-state index is -0.876. The van der Waals surface area contributed by atoms with Gasteiger partial charge in [-0.25, -0.2) is 10.3 Å². The van der Waals surface area contributed by atoms with Crippen molar-refractivity contribution < 1.29 is 24.7 Å². The molecule has 4 amide bonds. The van der Waals surface area contributed by atoms with Gasteiger partial charge in [0.25, 0.3) is 0 Å². The van der Waals surface area contributed by atoms with E-state index < -0.39 is 24.0 Å². The van der Waals surface area contributed by atoms with Gasteiger partial charge in [0.2, 0.25) is 11.8 Å². The minimum absolute atomic E-state index is 0.0981. The normalized spacial score (nSPS) is 19.2. The molecule has 1 fully saturated rings. The highest BCUT2D eigenvalue weighted by Crippen LogP contribution is 2.19. The first-order valence-corrected chi connectivity index (χ1v) is 10.2. The maximum absolute atomic E-state index is 12.9. The smallest absolute Gasteiger partial charge is 0.339 e. The first-order chi connectivity index (χ1) is 12.3. The topological polar surface area (TPSA) is 131 Å². The third-order valence-electron chi connectivity index (χ3n) is 4.44. The largest absolute Gasteiger partial charge is 0.394 e. The molecule has 1 heterocycles. The van der Waals surface area contributed by atoms with E-state index in [1.165, 1.54) is 17.2 Å². The molecule has 1 rings (SSSR count). The first kappa shape index (κ1) is 22.5. The van der Waals surface area contributed by atoms with Crippen LogP contribution in [-0.2, 0) is 9.59 Å². The number of urea groups is 1. The highest BCUT2D eigenvalue weighted by molar-refractivity contribution is 7.98. The molecule has 0 bridgehead atoms. The Morgan fingerprint density at radius 2 is 1.96 bits per heavy atom. The number of aliphatic hydroxyl groups excluding tert-OH is 1. The van der Waals surface area contributed by atoms with Gasteiger partial charge in [-0.15, -0.1) is 0 Å². The predicted molar refractivity (Wildman–Crippen MR) is 98.8 cm³/mol.